The van der Waals surface area contributed by atoms with Crippen LogP contribution >= 0.6 is 0 Å². The van der Waals surface area contributed by atoms with E-state index in [0.29, 0.717) is 12.8 Å². The molecular formula is C32H44F6O. The second-order valence-corrected chi connectivity index (χ2v) is 10.5. The molecule has 0 saturated carbocycles. The van der Waals surface area contributed by atoms with Crippen LogP contribution in [-0.4, -0.2) is 13.2 Å². The summed E-state index contributed by atoms with van der Waals surface area (Å²) in [6.07, 6.45) is 8.08. The van der Waals surface area contributed by atoms with Crippen LogP contribution in [0.4, 0.5) is 26.3 Å². The van der Waals surface area contributed by atoms with E-state index in [1.165, 1.54) is 37.1 Å². The molecule has 2 aromatic rings. The summed E-state index contributed by atoms with van der Waals surface area (Å²) in [5.74, 6) is 0. The summed E-state index contributed by atoms with van der Waals surface area (Å²) in [5, 5.41) is 0. The quantitative estimate of drug-likeness (QED) is 0.116. The fourth-order valence-corrected chi connectivity index (χ4v) is 4.74. The van der Waals surface area contributed by atoms with Gasteiger partial charge in [-0.1, -0.05) is 101 Å². The number of alkyl halides is 6. The van der Waals surface area contributed by atoms with E-state index in [2.05, 4.69) is 0 Å². The standard InChI is InChI=1S/C32H44F6O/c33-31(34,35)29-21-15-19-27(25-29)17-11-7-3-1-5-9-13-23-39-24-14-10-6-2-4-8-12-18-28-20-16-22-30(26-28)32(36,37)38/h15-16,19-22,25-26H,1-14,17-18,23-24H2. The number of benzene rings is 2. The maximum Gasteiger partial charge on any atom is 0.416 e. The lowest BCUT2D eigenvalue weighted by atomic mass is 10.0. The highest BCUT2D eigenvalue weighted by Crippen LogP contribution is 2.31. The van der Waals surface area contributed by atoms with Crippen molar-refractivity contribution in [1.29, 1.82) is 0 Å². The van der Waals surface area contributed by atoms with E-state index in [4.69, 9.17) is 4.74 Å². The van der Waals surface area contributed by atoms with E-state index in [-0.39, 0.29) is 0 Å². The first-order valence-corrected chi connectivity index (χ1v) is 14.6. The molecule has 0 atom stereocenters. The molecule has 39 heavy (non-hydrogen) atoms. The van der Waals surface area contributed by atoms with Crippen LogP contribution in [0.3, 0.4) is 0 Å². The average Bonchev–Trinajstić information content (AvgIpc) is 2.89. The van der Waals surface area contributed by atoms with Gasteiger partial charge in [-0.25, -0.2) is 0 Å². The van der Waals surface area contributed by atoms with Crippen LogP contribution in [0.5, 0.6) is 0 Å². The zero-order chi connectivity index (χ0) is 28.4. The van der Waals surface area contributed by atoms with Gasteiger partial charge >= 0.3 is 12.4 Å². The SMILES string of the molecule is FC(F)(F)c1cccc(CCCCCCCCCOCCCCCCCCCc2cccc(C(F)(F)F)c2)c1. The molecule has 0 aliphatic carbocycles. The Kier molecular flexibility index (Phi) is 15.6. The van der Waals surface area contributed by atoms with E-state index >= 15 is 0 Å². The van der Waals surface area contributed by atoms with Crippen LogP contribution in [0.1, 0.15) is 112 Å². The van der Waals surface area contributed by atoms with Gasteiger partial charge in [0.1, 0.15) is 0 Å². The molecule has 1 nitrogen and oxygen atoms in total. The van der Waals surface area contributed by atoms with Crippen LogP contribution in [0.15, 0.2) is 48.5 Å². The van der Waals surface area contributed by atoms with Gasteiger partial charge in [0.15, 0.2) is 0 Å². The lowest BCUT2D eigenvalue weighted by Crippen LogP contribution is -2.05. The number of aryl methyl sites for hydroxylation is 2. The van der Waals surface area contributed by atoms with Gasteiger partial charge in [-0.15, -0.1) is 0 Å². The van der Waals surface area contributed by atoms with Gasteiger partial charge in [0.25, 0.3) is 0 Å². The first kappa shape index (κ1) is 33.2. The highest BCUT2D eigenvalue weighted by atomic mass is 19.4. The number of unbranched alkanes of at least 4 members (excludes halogenated alkanes) is 12. The van der Waals surface area contributed by atoms with Gasteiger partial charge in [-0.3, -0.25) is 0 Å². The molecular weight excluding hydrogens is 514 g/mol. The maximum atomic E-state index is 12.8. The fraction of sp³-hybridized carbons (Fsp3) is 0.625. The molecule has 220 valence electrons. The fourth-order valence-electron chi connectivity index (χ4n) is 4.74. The summed E-state index contributed by atoms with van der Waals surface area (Å²) in [7, 11) is 0. The monoisotopic (exact) mass is 558 g/mol. The summed E-state index contributed by atoms with van der Waals surface area (Å²) in [4.78, 5) is 0. The summed E-state index contributed by atoms with van der Waals surface area (Å²) < 4.78 is 82.3. The Hall–Kier alpha value is -2.02. The van der Waals surface area contributed by atoms with Gasteiger partial charge in [0, 0.05) is 13.2 Å². The predicted octanol–water partition coefficient (Wildman–Crippen LogP) is 11.0. The molecule has 0 saturated heterocycles. The second-order valence-electron chi connectivity index (χ2n) is 10.5. The van der Waals surface area contributed by atoms with Crippen LogP contribution in [0.2, 0.25) is 0 Å². The van der Waals surface area contributed by atoms with Gasteiger partial charge in [-0.05, 0) is 61.8 Å². The van der Waals surface area contributed by atoms with E-state index in [0.717, 1.165) is 114 Å². The summed E-state index contributed by atoms with van der Waals surface area (Å²) in [5.41, 5.74) is 0.389. The van der Waals surface area contributed by atoms with Crippen LogP contribution in [0, 0.1) is 0 Å². The van der Waals surface area contributed by atoms with Crippen molar-refractivity contribution in [3.8, 4) is 0 Å². The summed E-state index contributed by atoms with van der Waals surface area (Å²) in [6.45, 7) is 1.59. The first-order chi connectivity index (χ1) is 18.7. The van der Waals surface area contributed by atoms with Crippen molar-refractivity contribution >= 4 is 0 Å². The van der Waals surface area contributed by atoms with Crippen molar-refractivity contribution in [1.82, 2.24) is 0 Å². The van der Waals surface area contributed by atoms with Gasteiger partial charge in [0.05, 0.1) is 11.1 Å². The molecule has 0 aromatic heterocycles. The highest BCUT2D eigenvalue weighted by Gasteiger charge is 2.31. The number of hydrogen-bond donors (Lipinski definition) is 0. The third-order valence-electron chi connectivity index (χ3n) is 7.02. The normalized spacial score (nSPS) is 12.3. The summed E-state index contributed by atoms with van der Waals surface area (Å²) in [6, 6.07) is 11.3. The molecule has 0 heterocycles. The second kappa shape index (κ2) is 18.4. The molecule has 0 radical (unpaired) electrons. The van der Waals surface area contributed by atoms with Crippen molar-refractivity contribution in [3.05, 3.63) is 70.8 Å². The molecule has 0 spiro atoms. The minimum absolute atomic E-state index is 0.564. The minimum atomic E-state index is -4.27. The van der Waals surface area contributed by atoms with Crippen molar-refractivity contribution < 1.29 is 31.1 Å². The van der Waals surface area contributed by atoms with Crippen molar-refractivity contribution in [2.24, 2.45) is 0 Å². The average molecular weight is 559 g/mol. The highest BCUT2D eigenvalue weighted by molar-refractivity contribution is 5.26. The molecule has 0 unspecified atom stereocenters. The molecule has 0 fully saturated rings. The smallest absolute Gasteiger partial charge is 0.381 e. The van der Waals surface area contributed by atoms with Crippen molar-refractivity contribution in [2.45, 2.75) is 115 Å². The predicted molar refractivity (Wildman–Crippen MR) is 146 cm³/mol. The number of halogens is 6. The van der Waals surface area contributed by atoms with Crippen LogP contribution in [0.25, 0.3) is 0 Å². The molecule has 7 heteroatoms. The Labute approximate surface area is 230 Å². The topological polar surface area (TPSA) is 9.23 Å². The van der Waals surface area contributed by atoms with Crippen LogP contribution in [-0.2, 0) is 29.9 Å². The number of hydrogen-bond acceptors (Lipinski definition) is 1. The molecule has 0 N–H and O–H groups in total. The molecule has 0 aliphatic rings. The van der Waals surface area contributed by atoms with Crippen LogP contribution < -0.4 is 0 Å². The Morgan fingerprint density at radius 3 is 1.13 bits per heavy atom. The number of rotatable bonds is 20. The van der Waals surface area contributed by atoms with Crippen molar-refractivity contribution in [3.63, 3.8) is 0 Å². The Balaban J connectivity index is 1.31. The lowest BCUT2D eigenvalue weighted by Gasteiger charge is -2.09. The Bertz CT molecular complexity index is 833. The zero-order valence-electron chi connectivity index (χ0n) is 23.0. The van der Waals surface area contributed by atoms with E-state index in [1.54, 1.807) is 12.1 Å². The number of ether oxygens (including phenoxy) is 1. The van der Waals surface area contributed by atoms with Gasteiger partial charge in [-0.2, -0.15) is 26.3 Å². The third kappa shape index (κ3) is 15.4. The molecule has 0 amide bonds. The molecule has 2 aromatic carbocycles. The Morgan fingerprint density at radius 1 is 0.436 bits per heavy atom. The lowest BCUT2D eigenvalue weighted by molar-refractivity contribution is -0.138. The van der Waals surface area contributed by atoms with Crippen molar-refractivity contribution in [2.75, 3.05) is 13.2 Å². The van der Waals surface area contributed by atoms with E-state index in [1.807, 2.05) is 0 Å². The van der Waals surface area contributed by atoms with Gasteiger partial charge < -0.3 is 4.74 Å². The van der Waals surface area contributed by atoms with Gasteiger partial charge in [0.2, 0.25) is 0 Å². The van der Waals surface area contributed by atoms with E-state index < -0.39 is 23.5 Å². The maximum absolute atomic E-state index is 12.8. The van der Waals surface area contributed by atoms with E-state index in [9.17, 15) is 26.3 Å². The minimum Gasteiger partial charge on any atom is -0.381 e. The molecule has 0 aliphatic heterocycles. The zero-order valence-corrected chi connectivity index (χ0v) is 23.0. The largest absolute Gasteiger partial charge is 0.416 e. The first-order valence-electron chi connectivity index (χ1n) is 14.6. The summed E-state index contributed by atoms with van der Waals surface area (Å²) >= 11 is 0. The third-order valence-corrected chi connectivity index (χ3v) is 7.02. The Morgan fingerprint density at radius 2 is 0.769 bits per heavy atom. The molecule has 0 bridgehead atoms. The molecule has 2 rings (SSSR count).